The van der Waals surface area contributed by atoms with Gasteiger partial charge in [0, 0.05) is 13.1 Å². The summed E-state index contributed by atoms with van der Waals surface area (Å²) in [6.07, 6.45) is 5.15. The Morgan fingerprint density at radius 1 is 1.30 bits per heavy atom. The van der Waals surface area contributed by atoms with Crippen LogP contribution in [0.4, 0.5) is 11.6 Å². The van der Waals surface area contributed by atoms with Gasteiger partial charge in [0.05, 0.1) is 23.9 Å². The first-order valence-electron chi connectivity index (χ1n) is 10.3. The molecule has 3 aromatic rings. The van der Waals surface area contributed by atoms with Crippen LogP contribution in [0.25, 0.3) is 11.2 Å². The summed E-state index contributed by atoms with van der Waals surface area (Å²) >= 11 is 0. The Bertz CT molecular complexity index is 1040. The van der Waals surface area contributed by atoms with Gasteiger partial charge in [-0.15, -0.1) is 0 Å². The van der Waals surface area contributed by atoms with Crippen molar-refractivity contribution >= 4 is 28.7 Å². The molecule has 1 amide bonds. The number of pyridine rings is 1. The van der Waals surface area contributed by atoms with Crippen LogP contribution in [-0.4, -0.2) is 58.6 Å². The summed E-state index contributed by atoms with van der Waals surface area (Å²) in [7, 11) is 3.88. The van der Waals surface area contributed by atoms with E-state index in [1.165, 1.54) is 11.6 Å². The number of benzene rings is 1. The first-order chi connectivity index (χ1) is 14.5. The summed E-state index contributed by atoms with van der Waals surface area (Å²) < 4.78 is 2.16. The molecule has 0 atom stereocenters. The van der Waals surface area contributed by atoms with Crippen LogP contribution in [-0.2, 0) is 11.3 Å². The standard InChI is InChI=1S/C23H28N6O/c1-4-21(30)28(3)19-14-20-22(24-15-19)26-23(25-18-10-12-27(2)13-11-18)29(20)16-17-8-6-5-7-9-17/h4-9,14-15,18H,1,10-13,16H2,2-3H3,(H,24,25,26). The van der Waals surface area contributed by atoms with Crippen molar-refractivity contribution in [1.82, 2.24) is 19.4 Å². The number of likely N-dealkylation sites (tertiary alicyclic amines) is 1. The van der Waals surface area contributed by atoms with E-state index in [9.17, 15) is 4.79 Å². The van der Waals surface area contributed by atoms with Gasteiger partial charge in [0.25, 0.3) is 0 Å². The van der Waals surface area contributed by atoms with Crippen molar-refractivity contribution in [2.24, 2.45) is 0 Å². The highest BCUT2D eigenvalue weighted by Crippen LogP contribution is 2.26. The fourth-order valence-electron chi connectivity index (χ4n) is 3.81. The molecule has 7 heteroatoms. The van der Waals surface area contributed by atoms with Crippen molar-refractivity contribution in [2.75, 3.05) is 37.4 Å². The van der Waals surface area contributed by atoms with E-state index < -0.39 is 0 Å². The molecule has 0 aliphatic carbocycles. The molecule has 1 fully saturated rings. The molecule has 1 aliphatic heterocycles. The van der Waals surface area contributed by atoms with E-state index >= 15 is 0 Å². The molecule has 2 aromatic heterocycles. The third kappa shape index (κ3) is 4.21. The second-order valence-corrected chi connectivity index (χ2v) is 7.87. The molecule has 0 unspecified atom stereocenters. The number of carbonyl (C=O) groups excluding carboxylic acids is 1. The molecule has 7 nitrogen and oxygen atoms in total. The molecule has 1 aliphatic rings. The molecule has 0 radical (unpaired) electrons. The van der Waals surface area contributed by atoms with Gasteiger partial charge in [-0.1, -0.05) is 36.9 Å². The summed E-state index contributed by atoms with van der Waals surface area (Å²) in [5.41, 5.74) is 3.47. The van der Waals surface area contributed by atoms with Crippen LogP contribution in [0.3, 0.4) is 0 Å². The molecule has 0 saturated carbocycles. The molecule has 156 valence electrons. The fourth-order valence-corrected chi connectivity index (χ4v) is 3.81. The van der Waals surface area contributed by atoms with Crippen LogP contribution >= 0.6 is 0 Å². The average molecular weight is 405 g/mol. The minimum atomic E-state index is -0.171. The van der Waals surface area contributed by atoms with E-state index in [-0.39, 0.29) is 5.91 Å². The van der Waals surface area contributed by atoms with Gasteiger partial charge in [0.15, 0.2) is 5.65 Å². The summed E-state index contributed by atoms with van der Waals surface area (Å²) in [6, 6.07) is 12.7. The highest BCUT2D eigenvalue weighted by molar-refractivity contribution is 6.01. The van der Waals surface area contributed by atoms with Crippen molar-refractivity contribution in [2.45, 2.75) is 25.4 Å². The fraction of sp³-hybridized carbons (Fsp3) is 0.348. The zero-order valence-corrected chi connectivity index (χ0v) is 17.6. The first kappa shape index (κ1) is 20.1. The number of fused-ring (bicyclic) bond motifs is 1. The lowest BCUT2D eigenvalue weighted by Gasteiger charge is -2.29. The van der Waals surface area contributed by atoms with E-state index in [4.69, 9.17) is 4.98 Å². The van der Waals surface area contributed by atoms with Crippen LogP contribution in [0.5, 0.6) is 0 Å². The van der Waals surface area contributed by atoms with Crippen LogP contribution in [0.15, 0.2) is 55.3 Å². The topological polar surface area (TPSA) is 66.3 Å². The van der Waals surface area contributed by atoms with Gasteiger partial charge in [0.2, 0.25) is 11.9 Å². The van der Waals surface area contributed by atoms with Crippen molar-refractivity contribution in [1.29, 1.82) is 0 Å². The predicted molar refractivity (Wildman–Crippen MR) is 121 cm³/mol. The second-order valence-electron chi connectivity index (χ2n) is 7.87. The normalized spacial score (nSPS) is 15.3. The Labute approximate surface area is 177 Å². The summed E-state index contributed by atoms with van der Waals surface area (Å²) in [6.45, 7) is 6.41. The number of aromatic nitrogens is 3. The van der Waals surface area contributed by atoms with E-state index in [2.05, 4.69) is 45.5 Å². The lowest BCUT2D eigenvalue weighted by atomic mass is 10.1. The summed E-state index contributed by atoms with van der Waals surface area (Å²) in [5.74, 6) is 0.653. The number of likely N-dealkylation sites (N-methyl/N-ethyl adjacent to an activating group) is 1. The van der Waals surface area contributed by atoms with Gasteiger partial charge in [-0.3, -0.25) is 4.79 Å². The minimum absolute atomic E-state index is 0.171. The first-order valence-corrected chi connectivity index (χ1v) is 10.3. The number of piperidine rings is 1. The zero-order chi connectivity index (χ0) is 21.1. The molecule has 1 aromatic carbocycles. The Morgan fingerprint density at radius 2 is 2.03 bits per heavy atom. The number of anilines is 2. The third-order valence-electron chi connectivity index (χ3n) is 5.72. The monoisotopic (exact) mass is 404 g/mol. The Kier molecular flexibility index (Phi) is 5.81. The van der Waals surface area contributed by atoms with Gasteiger partial charge in [-0.05, 0) is 50.7 Å². The van der Waals surface area contributed by atoms with Crippen LogP contribution < -0.4 is 10.2 Å². The van der Waals surface area contributed by atoms with Crippen molar-refractivity contribution < 1.29 is 4.79 Å². The Morgan fingerprint density at radius 3 is 2.73 bits per heavy atom. The average Bonchev–Trinajstić information content (AvgIpc) is 3.11. The molecule has 1 saturated heterocycles. The molecule has 4 rings (SSSR count). The van der Waals surface area contributed by atoms with Crippen LogP contribution in [0, 0.1) is 0 Å². The smallest absolute Gasteiger partial charge is 0.250 e. The van der Waals surface area contributed by atoms with Gasteiger partial charge in [-0.2, -0.15) is 4.98 Å². The summed E-state index contributed by atoms with van der Waals surface area (Å²) in [4.78, 5) is 25.3. The molecule has 0 spiro atoms. The number of hydrogen-bond donors (Lipinski definition) is 1. The number of carbonyl (C=O) groups is 1. The van der Waals surface area contributed by atoms with E-state index in [0.29, 0.717) is 23.9 Å². The number of rotatable bonds is 6. The van der Waals surface area contributed by atoms with Gasteiger partial charge < -0.3 is 19.7 Å². The zero-order valence-electron chi connectivity index (χ0n) is 17.6. The molecule has 3 heterocycles. The Hall–Kier alpha value is -3.19. The molecule has 1 N–H and O–H groups in total. The summed E-state index contributed by atoms with van der Waals surface area (Å²) in [5, 5.41) is 3.65. The van der Waals surface area contributed by atoms with E-state index in [1.54, 1.807) is 18.1 Å². The number of amides is 1. The molecule has 30 heavy (non-hydrogen) atoms. The maximum atomic E-state index is 12.1. The largest absolute Gasteiger partial charge is 0.353 e. The number of hydrogen-bond acceptors (Lipinski definition) is 5. The van der Waals surface area contributed by atoms with Crippen LogP contribution in [0.1, 0.15) is 18.4 Å². The second kappa shape index (κ2) is 8.67. The number of imidazole rings is 1. The van der Waals surface area contributed by atoms with Gasteiger partial charge >= 0.3 is 0 Å². The highest BCUT2D eigenvalue weighted by Gasteiger charge is 2.21. The lowest BCUT2D eigenvalue weighted by molar-refractivity contribution is -0.113. The molecular formula is C23H28N6O. The van der Waals surface area contributed by atoms with E-state index in [1.807, 2.05) is 24.3 Å². The molecular weight excluding hydrogens is 376 g/mol. The molecule has 0 bridgehead atoms. The Balaban J connectivity index is 1.72. The highest BCUT2D eigenvalue weighted by atomic mass is 16.2. The van der Waals surface area contributed by atoms with Crippen molar-refractivity contribution in [3.63, 3.8) is 0 Å². The SMILES string of the molecule is C=CC(=O)N(C)c1cnc2nc(NC3CCN(C)CC3)n(Cc3ccccc3)c2c1. The van der Waals surface area contributed by atoms with Crippen molar-refractivity contribution in [3.8, 4) is 0 Å². The quantitative estimate of drug-likeness (QED) is 0.640. The van der Waals surface area contributed by atoms with Gasteiger partial charge in [0.1, 0.15) is 0 Å². The number of nitrogens with one attached hydrogen (secondary N) is 1. The van der Waals surface area contributed by atoms with E-state index in [0.717, 1.165) is 37.4 Å². The maximum absolute atomic E-state index is 12.1. The van der Waals surface area contributed by atoms with Gasteiger partial charge in [-0.25, -0.2) is 4.98 Å². The number of nitrogens with zero attached hydrogens (tertiary/aromatic N) is 5. The maximum Gasteiger partial charge on any atom is 0.250 e. The third-order valence-corrected chi connectivity index (χ3v) is 5.72. The predicted octanol–water partition coefficient (Wildman–Crippen LogP) is 3.13. The lowest BCUT2D eigenvalue weighted by Crippen LogP contribution is -2.37. The van der Waals surface area contributed by atoms with Crippen molar-refractivity contribution in [3.05, 3.63) is 60.8 Å². The van der Waals surface area contributed by atoms with Crippen LogP contribution in [0.2, 0.25) is 0 Å². The minimum Gasteiger partial charge on any atom is -0.353 e.